The molecule has 21 unspecified atom stereocenters. The third kappa shape index (κ3) is 13.0. The van der Waals surface area contributed by atoms with Crippen molar-refractivity contribution in [3.05, 3.63) is 0 Å². The summed E-state index contributed by atoms with van der Waals surface area (Å²) in [6.07, 6.45) is -53.1. The van der Waals surface area contributed by atoms with Crippen LogP contribution in [0.15, 0.2) is 0 Å². The van der Waals surface area contributed by atoms with Crippen molar-refractivity contribution in [2.24, 2.45) is 22.8 Å². The van der Waals surface area contributed by atoms with E-state index < -0.39 is 246 Å². The molecule has 7 rings (SSSR count). The Morgan fingerprint density at radius 3 is 1.19 bits per heavy atom. The molecule has 0 amide bonds. The van der Waals surface area contributed by atoms with Crippen LogP contribution in [-0.4, -0.2) is 317 Å². The number of ether oxygens (including phenoxy) is 13. The van der Waals surface area contributed by atoms with Crippen LogP contribution in [0.1, 0.15) is 48.5 Å². The predicted octanol–water partition coefficient (Wildman–Crippen LogP) is -9.89. The molecule has 0 spiro atoms. The lowest BCUT2D eigenvalue weighted by Gasteiger charge is -2.53. The summed E-state index contributed by atoms with van der Waals surface area (Å²) in [5, 5.41) is 175. The Balaban J connectivity index is 1.19. The van der Waals surface area contributed by atoms with Crippen LogP contribution in [0.4, 0.5) is 0 Å². The lowest BCUT2D eigenvalue weighted by atomic mass is 9.79. The van der Waals surface area contributed by atoms with Gasteiger partial charge in [0.15, 0.2) is 37.7 Å². The number of hydrogen-bond donors (Lipinski definition) is 18. The van der Waals surface area contributed by atoms with Gasteiger partial charge in [0.2, 0.25) is 0 Å². The quantitative estimate of drug-likeness (QED) is 0.0682. The maximum Gasteiger partial charge on any atom is 0.187 e. The van der Waals surface area contributed by atoms with E-state index in [4.69, 9.17) is 73.0 Å². The van der Waals surface area contributed by atoms with E-state index in [2.05, 4.69) is 0 Å². The SMILES string of the molecule is CC1O[C@H](OC2C(N)[C@H](OC3C(O)[C@H](O[C@H]4C(CO)O[C@@H](C(C)(C)C)C(N)C4O[C@H]4OC(C)[C@@H](O)C(O)C4O)OC(CO)[C@@H]3O)OC(CO)[C@@H]2O[C@@H]2OC(CO)[C@H](O)C(O)C2O[C@@H]2OC(C)[C@H](O)C(O)C2O)C(O)C(O)[C@@H]1C. The van der Waals surface area contributed by atoms with E-state index >= 15 is 0 Å². The van der Waals surface area contributed by atoms with E-state index in [-0.39, 0.29) is 0 Å². The largest absolute Gasteiger partial charge is 0.394 e. The summed E-state index contributed by atoms with van der Waals surface area (Å²) in [5.74, 6) is -0.637. The Kier molecular flexibility index (Phi) is 21.7. The molecule has 35 atom stereocenters. The van der Waals surface area contributed by atoms with Crippen LogP contribution in [0.25, 0.3) is 0 Å². The Hall–Kier alpha value is -1.24. The van der Waals surface area contributed by atoms with Gasteiger partial charge in [-0.15, -0.1) is 0 Å². The van der Waals surface area contributed by atoms with Crippen LogP contribution in [0, 0.1) is 11.3 Å². The summed E-state index contributed by atoms with van der Waals surface area (Å²) in [7, 11) is 0. The number of rotatable bonds is 16. The predicted molar refractivity (Wildman–Crippen MR) is 252 cm³/mol. The molecule has 456 valence electrons. The van der Waals surface area contributed by atoms with Gasteiger partial charge in [-0.05, 0) is 26.2 Å². The van der Waals surface area contributed by atoms with Crippen molar-refractivity contribution in [1.82, 2.24) is 0 Å². The fourth-order valence-corrected chi connectivity index (χ4v) is 10.8. The highest BCUT2D eigenvalue weighted by Gasteiger charge is 2.59. The first-order chi connectivity index (χ1) is 36.6. The molecule has 0 aromatic heterocycles. The third-order valence-corrected chi connectivity index (χ3v) is 15.9. The Labute approximate surface area is 448 Å². The maximum absolute atomic E-state index is 12.1. The third-order valence-electron chi connectivity index (χ3n) is 15.9. The molecular weight excluding hydrogens is 1060 g/mol. The molecule has 0 aromatic carbocycles. The number of aliphatic hydroxyl groups is 16. The highest BCUT2D eigenvalue weighted by atomic mass is 16.8. The van der Waals surface area contributed by atoms with Crippen LogP contribution in [0.3, 0.4) is 0 Å². The second-order valence-electron chi connectivity index (χ2n) is 22.5. The monoisotopic (exact) mass is 1140 g/mol. The molecule has 31 heteroatoms. The minimum Gasteiger partial charge on any atom is -0.394 e. The van der Waals surface area contributed by atoms with E-state index in [1.54, 1.807) is 34.6 Å². The van der Waals surface area contributed by atoms with Crippen LogP contribution >= 0.6 is 0 Å². The second-order valence-corrected chi connectivity index (χ2v) is 22.5. The van der Waals surface area contributed by atoms with Gasteiger partial charge >= 0.3 is 0 Å². The summed E-state index contributed by atoms with van der Waals surface area (Å²) in [6, 6.07) is -2.91. The van der Waals surface area contributed by atoms with Crippen molar-refractivity contribution in [2.45, 2.75) is 257 Å². The van der Waals surface area contributed by atoms with Gasteiger partial charge in [-0.3, -0.25) is 0 Å². The average molecular weight is 1140 g/mol. The summed E-state index contributed by atoms with van der Waals surface area (Å²) in [5.41, 5.74) is 13.0. The van der Waals surface area contributed by atoms with Crippen molar-refractivity contribution in [1.29, 1.82) is 0 Å². The van der Waals surface area contributed by atoms with Crippen molar-refractivity contribution in [3.8, 4) is 0 Å². The highest BCUT2D eigenvalue weighted by Crippen LogP contribution is 2.41. The van der Waals surface area contributed by atoms with E-state index in [1.807, 2.05) is 0 Å². The fourth-order valence-electron chi connectivity index (χ4n) is 10.8. The molecule has 0 radical (unpaired) electrons. The lowest BCUT2D eigenvalue weighted by Crippen LogP contribution is -2.71. The molecule has 0 saturated carbocycles. The molecule has 7 heterocycles. The topological polar surface area (TPSA) is 496 Å². The van der Waals surface area contributed by atoms with Gasteiger partial charge in [-0.25, -0.2) is 0 Å². The van der Waals surface area contributed by atoms with Crippen LogP contribution < -0.4 is 11.5 Å². The van der Waals surface area contributed by atoms with Crippen molar-refractivity contribution >= 4 is 0 Å². The maximum atomic E-state index is 12.1. The van der Waals surface area contributed by atoms with Crippen LogP contribution in [0.2, 0.25) is 0 Å². The van der Waals surface area contributed by atoms with Gasteiger partial charge < -0.3 is 155 Å². The van der Waals surface area contributed by atoms with Gasteiger partial charge in [0.05, 0.1) is 69.0 Å². The van der Waals surface area contributed by atoms with Crippen LogP contribution in [0.5, 0.6) is 0 Å². The van der Waals surface area contributed by atoms with Crippen LogP contribution in [-0.2, 0) is 61.6 Å². The average Bonchev–Trinajstić information content (AvgIpc) is 3.42. The highest BCUT2D eigenvalue weighted by molar-refractivity contribution is 5.04. The minimum atomic E-state index is -2.11. The van der Waals surface area contributed by atoms with Gasteiger partial charge in [-0.2, -0.15) is 0 Å². The summed E-state index contributed by atoms with van der Waals surface area (Å²) < 4.78 is 78.7. The molecule has 7 aliphatic heterocycles. The van der Waals surface area contributed by atoms with E-state index in [9.17, 15) is 81.7 Å². The number of aliphatic hydroxyl groups excluding tert-OH is 16. The molecule has 7 saturated heterocycles. The first kappa shape index (κ1) is 64.3. The Morgan fingerprint density at radius 1 is 0.321 bits per heavy atom. The lowest BCUT2D eigenvalue weighted by molar-refractivity contribution is -0.399. The van der Waals surface area contributed by atoms with Crippen molar-refractivity contribution in [2.75, 3.05) is 26.4 Å². The molecule has 0 bridgehead atoms. The summed E-state index contributed by atoms with van der Waals surface area (Å²) in [6.45, 7) is 7.67. The summed E-state index contributed by atoms with van der Waals surface area (Å²) in [4.78, 5) is 0. The number of hydrogen-bond acceptors (Lipinski definition) is 31. The summed E-state index contributed by atoms with van der Waals surface area (Å²) >= 11 is 0. The van der Waals surface area contributed by atoms with Crippen molar-refractivity contribution < 1.29 is 143 Å². The van der Waals surface area contributed by atoms with E-state index in [1.165, 1.54) is 13.8 Å². The minimum absolute atomic E-state index is 0.637. The first-order valence-electron chi connectivity index (χ1n) is 26.2. The normalized spacial score (nSPS) is 53.7. The zero-order valence-corrected chi connectivity index (χ0v) is 44.2. The molecule has 20 N–H and O–H groups in total. The van der Waals surface area contributed by atoms with Crippen molar-refractivity contribution in [3.63, 3.8) is 0 Å². The Morgan fingerprint density at radius 2 is 0.692 bits per heavy atom. The Bertz CT molecular complexity index is 1870. The van der Waals surface area contributed by atoms with E-state index in [0.29, 0.717) is 0 Å². The second kappa shape index (κ2) is 26.4. The zero-order valence-electron chi connectivity index (χ0n) is 44.2. The van der Waals surface area contributed by atoms with Gasteiger partial charge in [0.1, 0.15) is 128 Å². The standard InChI is InChI=1S/C47H84N2O29/c1-12-13(2)66-42(30(62)22(12)54)76-37-21(49)41(72-19(11-53)35(37)74-46-39(29(61)25(57)16(8-50)71-46)78-44-32(64)28(60)24(56)15(4)68-44)77-38-26(58)17(9-51)70-45(33(38)65)73-34-18(10-52)69-40(47(5,6)7)20(48)36(34)75-43-31(63)27(59)23(55)14(3)67-43/h12-46,50-65H,8-11,48-49H2,1-7H3/t12-,13?,14?,15?,16?,17?,18?,19?,20?,21?,22?,23-,24+,25+,26+,27?,28?,29?,30?,31?,32?,33?,34+,35+,36?,37?,38?,39?,40-,41+,42-,43-,44+,45+,46+/m1/s1. The van der Waals surface area contributed by atoms with Gasteiger partial charge in [0.25, 0.3) is 0 Å². The molecule has 31 nitrogen and oxygen atoms in total. The molecule has 7 aliphatic rings. The van der Waals surface area contributed by atoms with Gasteiger partial charge in [0, 0.05) is 5.92 Å². The smallest absolute Gasteiger partial charge is 0.187 e. The molecule has 0 aliphatic carbocycles. The zero-order chi connectivity index (χ0) is 57.7. The van der Waals surface area contributed by atoms with E-state index in [0.717, 1.165) is 0 Å². The molecular formula is C47H84N2O29. The number of nitrogens with two attached hydrogens (primary N) is 2. The molecule has 78 heavy (non-hydrogen) atoms. The first-order valence-corrected chi connectivity index (χ1v) is 26.2. The fraction of sp³-hybridized carbons (Fsp3) is 1.00. The molecule has 7 fully saturated rings. The van der Waals surface area contributed by atoms with Gasteiger partial charge in [-0.1, -0.05) is 27.7 Å². The molecule has 0 aromatic rings.